The lowest BCUT2D eigenvalue weighted by atomic mass is 10.3. The van der Waals surface area contributed by atoms with Gasteiger partial charge in [-0.15, -0.1) is 10.2 Å². The molecule has 4 nitrogen and oxygen atoms in total. The monoisotopic (exact) mass is 220 g/mol. The highest BCUT2D eigenvalue weighted by Gasteiger charge is 2.11. The van der Waals surface area contributed by atoms with Gasteiger partial charge >= 0.3 is 0 Å². The van der Waals surface area contributed by atoms with Crippen molar-refractivity contribution < 1.29 is 0 Å². The first-order valence-corrected chi connectivity index (χ1v) is 5.63. The molecule has 0 spiro atoms. The Morgan fingerprint density at radius 2 is 2.27 bits per heavy atom. The van der Waals surface area contributed by atoms with Gasteiger partial charge in [0.15, 0.2) is 5.01 Å². The highest BCUT2D eigenvalue weighted by Crippen LogP contribution is 2.25. The Morgan fingerprint density at radius 3 is 2.93 bits per heavy atom. The molecule has 0 aliphatic carbocycles. The number of hydrogen-bond acceptors (Lipinski definition) is 5. The third-order valence-corrected chi connectivity index (χ3v) is 3.16. The van der Waals surface area contributed by atoms with Gasteiger partial charge in [-0.2, -0.15) is 0 Å². The van der Waals surface area contributed by atoms with Crippen molar-refractivity contribution in [2.45, 2.75) is 19.4 Å². The second-order valence-corrected chi connectivity index (χ2v) is 4.18. The second kappa shape index (κ2) is 4.46. The molecule has 2 rings (SSSR count). The first-order valence-electron chi connectivity index (χ1n) is 4.81. The maximum Gasteiger partial charge on any atom is 0.166 e. The van der Waals surface area contributed by atoms with Gasteiger partial charge in [-0.1, -0.05) is 24.3 Å². The zero-order valence-corrected chi connectivity index (χ0v) is 9.24. The SMILES string of the molecule is CCC(N)c1nnc(-c2ccccn2)s1. The van der Waals surface area contributed by atoms with E-state index >= 15 is 0 Å². The third-order valence-electron chi connectivity index (χ3n) is 2.08. The quantitative estimate of drug-likeness (QED) is 0.859. The van der Waals surface area contributed by atoms with Gasteiger partial charge in [0, 0.05) is 6.20 Å². The average Bonchev–Trinajstić information content (AvgIpc) is 2.78. The molecule has 0 fully saturated rings. The van der Waals surface area contributed by atoms with Crippen molar-refractivity contribution in [3.05, 3.63) is 29.4 Å². The van der Waals surface area contributed by atoms with Crippen LogP contribution in [0.1, 0.15) is 24.4 Å². The zero-order valence-electron chi connectivity index (χ0n) is 8.42. The van der Waals surface area contributed by atoms with Crippen molar-refractivity contribution in [2.24, 2.45) is 5.73 Å². The van der Waals surface area contributed by atoms with Crippen LogP contribution < -0.4 is 5.73 Å². The van der Waals surface area contributed by atoms with Crippen LogP contribution in [0.2, 0.25) is 0 Å². The molecule has 2 N–H and O–H groups in total. The van der Waals surface area contributed by atoms with E-state index in [0.717, 1.165) is 22.1 Å². The Balaban J connectivity index is 2.28. The van der Waals surface area contributed by atoms with Crippen molar-refractivity contribution in [3.8, 4) is 10.7 Å². The van der Waals surface area contributed by atoms with Crippen molar-refractivity contribution in [1.29, 1.82) is 0 Å². The summed E-state index contributed by atoms with van der Waals surface area (Å²) in [5.74, 6) is 0. The van der Waals surface area contributed by atoms with Gasteiger partial charge in [0.1, 0.15) is 10.7 Å². The number of nitrogens with zero attached hydrogens (tertiary/aromatic N) is 3. The van der Waals surface area contributed by atoms with Crippen LogP contribution in [-0.4, -0.2) is 15.2 Å². The molecule has 0 amide bonds. The van der Waals surface area contributed by atoms with Crippen LogP contribution in [0.5, 0.6) is 0 Å². The van der Waals surface area contributed by atoms with E-state index in [9.17, 15) is 0 Å². The minimum absolute atomic E-state index is 0.0139. The lowest BCUT2D eigenvalue weighted by Gasteiger charge is -2.00. The molecule has 0 aliphatic heterocycles. The summed E-state index contributed by atoms with van der Waals surface area (Å²) >= 11 is 1.51. The average molecular weight is 220 g/mol. The van der Waals surface area contributed by atoms with Gasteiger partial charge in [-0.05, 0) is 18.6 Å². The Hall–Kier alpha value is -1.33. The standard InChI is InChI=1S/C10H12N4S/c1-2-7(11)9-13-14-10(15-9)8-5-3-4-6-12-8/h3-7H,2,11H2,1H3. The summed E-state index contributed by atoms with van der Waals surface area (Å²) in [5.41, 5.74) is 6.72. The fourth-order valence-corrected chi connectivity index (χ4v) is 2.06. The van der Waals surface area contributed by atoms with Gasteiger partial charge in [0.05, 0.1) is 6.04 Å². The van der Waals surface area contributed by atoms with Crippen LogP contribution in [0, 0.1) is 0 Å². The molecule has 2 heterocycles. The third kappa shape index (κ3) is 2.19. The van der Waals surface area contributed by atoms with Crippen molar-refractivity contribution in [2.75, 3.05) is 0 Å². The molecule has 78 valence electrons. The summed E-state index contributed by atoms with van der Waals surface area (Å²) in [6.45, 7) is 2.03. The molecule has 0 radical (unpaired) electrons. The largest absolute Gasteiger partial charge is 0.322 e. The number of nitrogens with two attached hydrogens (primary N) is 1. The molecule has 1 atom stereocenters. The molecule has 2 aromatic heterocycles. The van der Waals surface area contributed by atoms with E-state index in [2.05, 4.69) is 15.2 Å². The van der Waals surface area contributed by atoms with E-state index in [0.29, 0.717) is 0 Å². The van der Waals surface area contributed by atoms with Crippen LogP contribution in [0.25, 0.3) is 10.7 Å². The van der Waals surface area contributed by atoms with Gasteiger partial charge < -0.3 is 5.73 Å². The maximum atomic E-state index is 5.87. The topological polar surface area (TPSA) is 64.7 Å². The molecule has 0 aromatic carbocycles. The van der Waals surface area contributed by atoms with Crippen LogP contribution in [0.4, 0.5) is 0 Å². The molecule has 15 heavy (non-hydrogen) atoms. The van der Waals surface area contributed by atoms with Crippen LogP contribution in [-0.2, 0) is 0 Å². The van der Waals surface area contributed by atoms with Gasteiger partial charge in [-0.3, -0.25) is 4.98 Å². The van der Waals surface area contributed by atoms with Crippen LogP contribution in [0.3, 0.4) is 0 Å². The highest BCUT2D eigenvalue weighted by atomic mass is 32.1. The van der Waals surface area contributed by atoms with Gasteiger partial charge in [0.2, 0.25) is 0 Å². The molecule has 0 aliphatic rings. The van der Waals surface area contributed by atoms with E-state index in [4.69, 9.17) is 5.73 Å². The molecular weight excluding hydrogens is 208 g/mol. The fraction of sp³-hybridized carbons (Fsp3) is 0.300. The molecule has 0 saturated heterocycles. The Morgan fingerprint density at radius 1 is 1.40 bits per heavy atom. The first kappa shape index (κ1) is 10.2. The molecule has 0 bridgehead atoms. The minimum atomic E-state index is -0.0139. The predicted octanol–water partition coefficient (Wildman–Crippen LogP) is 2.01. The van der Waals surface area contributed by atoms with Gasteiger partial charge in [0.25, 0.3) is 0 Å². The van der Waals surface area contributed by atoms with E-state index in [1.54, 1.807) is 6.20 Å². The zero-order chi connectivity index (χ0) is 10.7. The summed E-state index contributed by atoms with van der Waals surface area (Å²) in [6, 6.07) is 5.72. The summed E-state index contributed by atoms with van der Waals surface area (Å²) in [4.78, 5) is 4.21. The van der Waals surface area contributed by atoms with Crippen LogP contribution >= 0.6 is 11.3 Å². The first-order chi connectivity index (χ1) is 7.31. The normalized spacial score (nSPS) is 12.7. The molecule has 1 unspecified atom stereocenters. The smallest absolute Gasteiger partial charge is 0.166 e. The predicted molar refractivity (Wildman–Crippen MR) is 60.4 cm³/mol. The highest BCUT2D eigenvalue weighted by molar-refractivity contribution is 7.14. The van der Waals surface area contributed by atoms with Gasteiger partial charge in [-0.25, -0.2) is 0 Å². The molecule has 2 aromatic rings. The fourth-order valence-electron chi connectivity index (χ4n) is 1.15. The number of hydrogen-bond donors (Lipinski definition) is 1. The number of pyridine rings is 1. The molecule has 5 heteroatoms. The summed E-state index contributed by atoms with van der Waals surface area (Å²) in [7, 11) is 0. The number of rotatable bonds is 3. The molecule has 0 saturated carbocycles. The summed E-state index contributed by atoms with van der Waals surface area (Å²) in [6.07, 6.45) is 2.62. The lowest BCUT2D eigenvalue weighted by Crippen LogP contribution is -2.07. The summed E-state index contributed by atoms with van der Waals surface area (Å²) < 4.78 is 0. The maximum absolute atomic E-state index is 5.87. The van der Waals surface area contributed by atoms with Crippen molar-refractivity contribution >= 4 is 11.3 Å². The van der Waals surface area contributed by atoms with E-state index in [1.807, 2.05) is 25.1 Å². The minimum Gasteiger partial charge on any atom is -0.322 e. The van der Waals surface area contributed by atoms with E-state index < -0.39 is 0 Å². The molecular formula is C10H12N4S. The number of aromatic nitrogens is 3. The summed E-state index contributed by atoms with van der Waals surface area (Å²) in [5, 5.41) is 9.85. The van der Waals surface area contributed by atoms with Crippen LogP contribution in [0.15, 0.2) is 24.4 Å². The Bertz CT molecular complexity index is 426. The van der Waals surface area contributed by atoms with E-state index in [1.165, 1.54) is 11.3 Å². The Kier molecular flexibility index (Phi) is 3.03. The van der Waals surface area contributed by atoms with E-state index in [-0.39, 0.29) is 6.04 Å². The van der Waals surface area contributed by atoms with Crippen molar-refractivity contribution in [3.63, 3.8) is 0 Å². The Labute approximate surface area is 92.2 Å². The second-order valence-electron chi connectivity index (χ2n) is 3.18. The lowest BCUT2D eigenvalue weighted by molar-refractivity contribution is 0.683. The van der Waals surface area contributed by atoms with Crippen molar-refractivity contribution in [1.82, 2.24) is 15.2 Å².